The second kappa shape index (κ2) is 4.33. The van der Waals surface area contributed by atoms with Crippen LogP contribution in [0, 0.1) is 11.8 Å². The molecule has 0 bridgehead atoms. The first-order chi connectivity index (χ1) is 6.81. The molecular formula is C12H20O2. The van der Waals surface area contributed by atoms with Gasteiger partial charge in [-0.1, -0.05) is 26.2 Å². The highest BCUT2D eigenvalue weighted by molar-refractivity contribution is 5.74. The molecule has 2 rings (SSSR count). The third kappa shape index (κ3) is 1.94. The summed E-state index contributed by atoms with van der Waals surface area (Å²) in [5.41, 5.74) is 0. The second-order valence-electron chi connectivity index (χ2n) is 4.71. The van der Waals surface area contributed by atoms with E-state index in [0.717, 1.165) is 12.8 Å². The van der Waals surface area contributed by atoms with Crippen LogP contribution in [0.4, 0.5) is 0 Å². The quantitative estimate of drug-likeness (QED) is 0.635. The van der Waals surface area contributed by atoms with Gasteiger partial charge in [-0.3, -0.25) is 4.79 Å². The van der Waals surface area contributed by atoms with Crippen LogP contribution in [0.25, 0.3) is 0 Å². The smallest absolute Gasteiger partial charge is 0.309 e. The topological polar surface area (TPSA) is 26.3 Å². The zero-order valence-corrected chi connectivity index (χ0v) is 9.00. The van der Waals surface area contributed by atoms with E-state index in [1.54, 1.807) is 0 Å². The zero-order chi connectivity index (χ0) is 9.97. The molecular weight excluding hydrogens is 176 g/mol. The van der Waals surface area contributed by atoms with Gasteiger partial charge in [0.2, 0.25) is 0 Å². The van der Waals surface area contributed by atoms with Crippen molar-refractivity contribution in [2.45, 2.75) is 58.0 Å². The SMILES string of the molecule is CC[C@@H]1C[C@@H](C2CCCCC2)OC1=O. The van der Waals surface area contributed by atoms with Crippen LogP contribution in [0.1, 0.15) is 51.9 Å². The summed E-state index contributed by atoms with van der Waals surface area (Å²) in [4.78, 5) is 11.4. The summed E-state index contributed by atoms with van der Waals surface area (Å²) in [5, 5.41) is 0. The predicted molar refractivity (Wildman–Crippen MR) is 54.9 cm³/mol. The Labute approximate surface area is 86.0 Å². The van der Waals surface area contributed by atoms with Gasteiger partial charge < -0.3 is 4.74 Å². The van der Waals surface area contributed by atoms with Gasteiger partial charge in [0.05, 0.1) is 5.92 Å². The van der Waals surface area contributed by atoms with Gasteiger partial charge >= 0.3 is 5.97 Å². The molecule has 0 aromatic carbocycles. The number of cyclic esters (lactones) is 1. The van der Waals surface area contributed by atoms with E-state index >= 15 is 0 Å². The summed E-state index contributed by atoms with van der Waals surface area (Å²) in [6.45, 7) is 2.08. The van der Waals surface area contributed by atoms with E-state index in [1.807, 2.05) is 0 Å². The Hall–Kier alpha value is -0.530. The Morgan fingerprint density at radius 2 is 2.00 bits per heavy atom. The van der Waals surface area contributed by atoms with Crippen LogP contribution >= 0.6 is 0 Å². The zero-order valence-electron chi connectivity index (χ0n) is 9.00. The lowest BCUT2D eigenvalue weighted by Gasteiger charge is -2.25. The average Bonchev–Trinajstić information content (AvgIpc) is 2.61. The highest BCUT2D eigenvalue weighted by Gasteiger charge is 2.37. The van der Waals surface area contributed by atoms with E-state index in [4.69, 9.17) is 4.74 Å². The second-order valence-corrected chi connectivity index (χ2v) is 4.71. The third-order valence-corrected chi connectivity index (χ3v) is 3.79. The standard InChI is InChI=1S/C12H20O2/c1-2-9-8-11(14-12(9)13)10-6-4-3-5-7-10/h9-11H,2-8H2,1H3/t9-,11+/m1/s1. The molecule has 0 amide bonds. The van der Waals surface area contributed by atoms with Crippen LogP contribution in [0.15, 0.2) is 0 Å². The molecule has 1 aliphatic heterocycles. The number of hydrogen-bond donors (Lipinski definition) is 0. The molecule has 1 saturated carbocycles. The molecule has 1 heterocycles. The van der Waals surface area contributed by atoms with Crippen LogP contribution in [-0.2, 0) is 9.53 Å². The first kappa shape index (κ1) is 10.0. The fourth-order valence-corrected chi connectivity index (χ4v) is 2.80. The van der Waals surface area contributed by atoms with E-state index in [9.17, 15) is 4.79 Å². The Bertz CT molecular complexity index is 206. The third-order valence-electron chi connectivity index (χ3n) is 3.79. The van der Waals surface area contributed by atoms with Gasteiger partial charge in [0.15, 0.2) is 0 Å². The van der Waals surface area contributed by atoms with Crippen molar-refractivity contribution < 1.29 is 9.53 Å². The van der Waals surface area contributed by atoms with Crippen LogP contribution in [0.5, 0.6) is 0 Å². The van der Waals surface area contributed by atoms with Crippen molar-refractivity contribution in [2.24, 2.45) is 11.8 Å². The van der Waals surface area contributed by atoms with Crippen LogP contribution in [-0.4, -0.2) is 12.1 Å². The van der Waals surface area contributed by atoms with Crippen molar-refractivity contribution in [2.75, 3.05) is 0 Å². The van der Waals surface area contributed by atoms with Crippen molar-refractivity contribution in [3.63, 3.8) is 0 Å². The minimum atomic E-state index is 0.0584. The van der Waals surface area contributed by atoms with Gasteiger partial charge in [-0.25, -0.2) is 0 Å². The first-order valence-electron chi connectivity index (χ1n) is 6.01. The van der Waals surface area contributed by atoms with E-state index < -0.39 is 0 Å². The highest BCUT2D eigenvalue weighted by Crippen LogP contribution is 2.35. The molecule has 0 N–H and O–H groups in total. The Kier molecular flexibility index (Phi) is 3.09. The van der Waals surface area contributed by atoms with Gasteiger partial charge in [0, 0.05) is 0 Å². The van der Waals surface area contributed by atoms with Crippen LogP contribution in [0.3, 0.4) is 0 Å². The van der Waals surface area contributed by atoms with Crippen LogP contribution in [0.2, 0.25) is 0 Å². The molecule has 2 aliphatic rings. The summed E-state index contributed by atoms with van der Waals surface area (Å²) >= 11 is 0. The lowest BCUT2D eigenvalue weighted by Crippen LogP contribution is -2.22. The van der Waals surface area contributed by atoms with Gasteiger partial charge in [0.1, 0.15) is 6.10 Å². The molecule has 2 heteroatoms. The lowest BCUT2D eigenvalue weighted by molar-refractivity contribution is -0.146. The fourth-order valence-electron chi connectivity index (χ4n) is 2.80. The van der Waals surface area contributed by atoms with Gasteiger partial charge in [-0.2, -0.15) is 0 Å². The maximum atomic E-state index is 11.4. The number of ether oxygens (including phenoxy) is 1. The number of rotatable bonds is 2. The lowest BCUT2D eigenvalue weighted by atomic mass is 9.83. The summed E-state index contributed by atoms with van der Waals surface area (Å²) in [7, 11) is 0. The molecule has 0 unspecified atom stereocenters. The van der Waals surface area contributed by atoms with Gasteiger partial charge in [-0.15, -0.1) is 0 Å². The molecule has 0 spiro atoms. The molecule has 0 aromatic rings. The molecule has 2 fully saturated rings. The van der Waals surface area contributed by atoms with Crippen molar-refractivity contribution in [3.8, 4) is 0 Å². The Morgan fingerprint density at radius 3 is 2.57 bits per heavy atom. The van der Waals surface area contributed by atoms with Gasteiger partial charge in [0.25, 0.3) is 0 Å². The molecule has 0 aromatic heterocycles. The maximum absolute atomic E-state index is 11.4. The molecule has 1 aliphatic carbocycles. The normalized spacial score (nSPS) is 34.5. The summed E-state index contributed by atoms with van der Waals surface area (Å²) in [6, 6.07) is 0. The maximum Gasteiger partial charge on any atom is 0.309 e. The van der Waals surface area contributed by atoms with Crippen molar-refractivity contribution in [1.82, 2.24) is 0 Å². The van der Waals surface area contributed by atoms with E-state index in [1.165, 1.54) is 32.1 Å². The van der Waals surface area contributed by atoms with E-state index in [0.29, 0.717) is 5.92 Å². The fraction of sp³-hybridized carbons (Fsp3) is 0.917. The Balaban J connectivity index is 1.90. The predicted octanol–water partition coefficient (Wildman–Crippen LogP) is 2.91. The molecule has 1 saturated heterocycles. The largest absolute Gasteiger partial charge is 0.462 e. The highest BCUT2D eigenvalue weighted by atomic mass is 16.6. The Morgan fingerprint density at radius 1 is 1.29 bits per heavy atom. The number of esters is 1. The average molecular weight is 196 g/mol. The van der Waals surface area contributed by atoms with E-state index in [-0.39, 0.29) is 18.0 Å². The number of carbonyl (C=O) groups is 1. The monoisotopic (exact) mass is 196 g/mol. The van der Waals surface area contributed by atoms with Crippen molar-refractivity contribution >= 4 is 5.97 Å². The van der Waals surface area contributed by atoms with E-state index in [2.05, 4.69) is 6.92 Å². The van der Waals surface area contributed by atoms with Gasteiger partial charge in [-0.05, 0) is 31.6 Å². The molecule has 14 heavy (non-hydrogen) atoms. The molecule has 2 atom stereocenters. The summed E-state index contributed by atoms with van der Waals surface area (Å²) in [6.07, 6.45) is 8.76. The number of carbonyl (C=O) groups excluding carboxylic acids is 1. The molecule has 80 valence electrons. The minimum Gasteiger partial charge on any atom is -0.462 e. The first-order valence-corrected chi connectivity index (χ1v) is 6.01. The van der Waals surface area contributed by atoms with Crippen molar-refractivity contribution in [1.29, 1.82) is 0 Å². The molecule has 2 nitrogen and oxygen atoms in total. The number of hydrogen-bond acceptors (Lipinski definition) is 2. The molecule has 0 radical (unpaired) electrons. The summed E-state index contributed by atoms with van der Waals surface area (Å²) in [5.74, 6) is 0.925. The minimum absolute atomic E-state index is 0.0584. The van der Waals surface area contributed by atoms with Crippen molar-refractivity contribution in [3.05, 3.63) is 0 Å². The summed E-state index contributed by atoms with van der Waals surface area (Å²) < 4.78 is 5.47. The van der Waals surface area contributed by atoms with Crippen LogP contribution < -0.4 is 0 Å².